The van der Waals surface area contributed by atoms with Gasteiger partial charge in [-0.2, -0.15) is 10.2 Å². The quantitative estimate of drug-likeness (QED) is 0.722. The molecule has 0 atom stereocenters. The molecule has 2 N–H and O–H groups in total. The lowest BCUT2D eigenvalue weighted by atomic mass is 10.0. The molecule has 5 heteroatoms. The normalized spacial score (nSPS) is 16.1. The number of fused-ring (bicyclic) bond motifs is 3. The van der Waals surface area contributed by atoms with Gasteiger partial charge in [-0.25, -0.2) is 10.8 Å². The van der Waals surface area contributed by atoms with Crippen molar-refractivity contribution in [3.8, 4) is 0 Å². The number of hydrazine groups is 1. The lowest BCUT2D eigenvalue weighted by Gasteiger charge is -2.17. The summed E-state index contributed by atoms with van der Waals surface area (Å²) in [6.45, 7) is 9.52. The first kappa shape index (κ1) is 13.2. The molecule has 5 nitrogen and oxygen atoms in total. The van der Waals surface area contributed by atoms with E-state index in [0.717, 1.165) is 16.2 Å². The minimum absolute atomic E-state index is 0.105. The molecule has 0 spiro atoms. The Morgan fingerprint density at radius 2 is 1.95 bits per heavy atom. The number of aliphatic imine (C=N–C) groups is 1. The average Bonchev–Trinajstić information content (AvgIpc) is 2.68. The third kappa shape index (κ3) is 1.88. The zero-order valence-corrected chi connectivity index (χ0v) is 11.3. The van der Waals surface area contributed by atoms with E-state index in [4.69, 9.17) is 5.84 Å². The van der Waals surface area contributed by atoms with Crippen molar-refractivity contribution in [1.82, 2.24) is 5.12 Å². The molecule has 0 saturated carbocycles. The molecule has 0 bridgehead atoms. The summed E-state index contributed by atoms with van der Waals surface area (Å²) < 4.78 is 0. The van der Waals surface area contributed by atoms with Crippen LogP contribution in [0.25, 0.3) is 0 Å². The Labute approximate surface area is 112 Å². The van der Waals surface area contributed by atoms with Gasteiger partial charge in [-0.05, 0) is 12.5 Å². The Morgan fingerprint density at radius 1 is 1.26 bits per heavy atom. The van der Waals surface area contributed by atoms with Crippen molar-refractivity contribution in [3.63, 3.8) is 0 Å². The molecule has 2 aliphatic rings. The van der Waals surface area contributed by atoms with Gasteiger partial charge in [-0.3, -0.25) is 4.79 Å². The third-order valence-corrected chi connectivity index (χ3v) is 2.91. The number of ketones is 1. The SMILES string of the molecule is C=C1N=C2C(=O)c3c(C)cccc3C2=NN1N.CC. The van der Waals surface area contributed by atoms with Crippen molar-refractivity contribution >= 4 is 17.2 Å². The van der Waals surface area contributed by atoms with E-state index in [2.05, 4.69) is 16.7 Å². The van der Waals surface area contributed by atoms with Gasteiger partial charge >= 0.3 is 0 Å². The second-order valence-electron chi connectivity index (χ2n) is 4.00. The van der Waals surface area contributed by atoms with Crippen LogP contribution in [0, 0.1) is 6.92 Å². The summed E-state index contributed by atoms with van der Waals surface area (Å²) in [5, 5.41) is 5.22. The summed E-state index contributed by atoms with van der Waals surface area (Å²) in [6, 6.07) is 5.63. The second-order valence-corrected chi connectivity index (χ2v) is 4.00. The number of hydrazone groups is 1. The largest absolute Gasteiger partial charge is 0.287 e. The number of nitrogens with two attached hydrogens (primary N) is 1. The number of benzene rings is 1. The number of nitrogens with zero attached hydrogens (tertiary/aromatic N) is 3. The monoisotopic (exact) mass is 256 g/mol. The Kier molecular flexibility index (Phi) is 3.31. The molecule has 98 valence electrons. The van der Waals surface area contributed by atoms with E-state index in [-0.39, 0.29) is 11.6 Å². The Balaban J connectivity index is 0.000000637. The molecule has 0 aromatic heterocycles. The van der Waals surface area contributed by atoms with Crippen LogP contribution in [0.3, 0.4) is 0 Å². The van der Waals surface area contributed by atoms with Crippen LogP contribution in [0.2, 0.25) is 0 Å². The lowest BCUT2D eigenvalue weighted by molar-refractivity contribution is 0.106. The summed E-state index contributed by atoms with van der Waals surface area (Å²) in [5.41, 5.74) is 3.23. The molecule has 1 aliphatic carbocycles. The minimum Gasteiger partial charge on any atom is -0.287 e. The van der Waals surface area contributed by atoms with Gasteiger partial charge in [0.2, 0.25) is 5.78 Å². The third-order valence-electron chi connectivity index (χ3n) is 2.91. The van der Waals surface area contributed by atoms with E-state index in [0.29, 0.717) is 17.0 Å². The van der Waals surface area contributed by atoms with Crippen molar-refractivity contribution in [2.75, 3.05) is 0 Å². The van der Waals surface area contributed by atoms with Crippen LogP contribution in [0.1, 0.15) is 35.3 Å². The molecule has 0 amide bonds. The van der Waals surface area contributed by atoms with Crippen molar-refractivity contribution < 1.29 is 4.79 Å². The zero-order chi connectivity index (χ0) is 14.2. The maximum Gasteiger partial charge on any atom is 0.214 e. The highest BCUT2D eigenvalue weighted by atomic mass is 16.1. The van der Waals surface area contributed by atoms with Gasteiger partial charge in [-0.15, -0.1) is 0 Å². The first-order chi connectivity index (χ1) is 9.09. The summed E-state index contributed by atoms with van der Waals surface area (Å²) >= 11 is 0. The molecular weight excluding hydrogens is 240 g/mol. The molecule has 1 aromatic carbocycles. The number of carbonyl (C=O) groups is 1. The molecule has 1 aromatic rings. The summed E-state index contributed by atoms with van der Waals surface area (Å²) in [7, 11) is 0. The molecule has 19 heavy (non-hydrogen) atoms. The maximum atomic E-state index is 12.2. The van der Waals surface area contributed by atoms with E-state index in [1.165, 1.54) is 0 Å². The van der Waals surface area contributed by atoms with Crippen molar-refractivity contribution in [3.05, 3.63) is 47.3 Å². The number of hydrogen-bond acceptors (Lipinski definition) is 5. The highest BCUT2D eigenvalue weighted by molar-refractivity contribution is 6.78. The molecule has 0 fully saturated rings. The molecule has 0 radical (unpaired) electrons. The minimum atomic E-state index is -0.105. The van der Waals surface area contributed by atoms with Crippen LogP contribution in [-0.2, 0) is 0 Å². The lowest BCUT2D eigenvalue weighted by Crippen LogP contribution is -2.32. The van der Waals surface area contributed by atoms with Gasteiger partial charge in [0.05, 0.1) is 0 Å². The van der Waals surface area contributed by atoms with Crippen molar-refractivity contribution in [2.24, 2.45) is 15.9 Å². The summed E-state index contributed by atoms with van der Waals surface area (Å²) in [6.07, 6.45) is 0. The number of Topliss-reactive ketones (excluding diaryl/α,β-unsaturated/α-hetero) is 1. The first-order valence-corrected chi connectivity index (χ1v) is 6.15. The van der Waals surface area contributed by atoms with Crippen LogP contribution in [0.4, 0.5) is 0 Å². The Hall–Kier alpha value is -2.27. The van der Waals surface area contributed by atoms with Gasteiger partial charge in [0.25, 0.3) is 0 Å². The van der Waals surface area contributed by atoms with E-state index >= 15 is 0 Å². The molecule has 1 aliphatic heterocycles. The standard InChI is InChI=1S/C12H10N4O.C2H6/c1-6-4-3-5-8-9(6)12(17)11-10(8)15-16(13)7(2)14-11;1-2/h3-5H,2,13H2,1H3;1-2H3. The predicted octanol–water partition coefficient (Wildman–Crippen LogP) is 2.02. The number of rotatable bonds is 0. The fourth-order valence-corrected chi connectivity index (χ4v) is 2.07. The van der Waals surface area contributed by atoms with Crippen molar-refractivity contribution in [1.29, 1.82) is 0 Å². The number of aryl methyl sites for hydroxylation is 1. The Morgan fingerprint density at radius 3 is 2.63 bits per heavy atom. The Bertz CT molecular complexity index is 628. The molecule has 1 heterocycles. The first-order valence-electron chi connectivity index (χ1n) is 6.15. The van der Waals surface area contributed by atoms with E-state index in [1.54, 1.807) is 0 Å². The number of carbonyl (C=O) groups excluding carboxylic acids is 1. The van der Waals surface area contributed by atoms with Crippen molar-refractivity contribution in [2.45, 2.75) is 20.8 Å². The van der Waals surface area contributed by atoms with Gasteiger partial charge < -0.3 is 0 Å². The van der Waals surface area contributed by atoms with Gasteiger partial charge in [0.1, 0.15) is 11.4 Å². The van der Waals surface area contributed by atoms with E-state index in [9.17, 15) is 4.79 Å². The maximum absolute atomic E-state index is 12.2. The van der Waals surface area contributed by atoms with E-state index in [1.807, 2.05) is 39.0 Å². The highest BCUT2D eigenvalue weighted by Crippen LogP contribution is 2.27. The molecular formula is C14H16N4O. The fraction of sp³-hybridized carbons (Fsp3) is 0.214. The zero-order valence-electron chi connectivity index (χ0n) is 11.3. The second kappa shape index (κ2) is 4.78. The van der Waals surface area contributed by atoms with Crippen LogP contribution in [0.5, 0.6) is 0 Å². The predicted molar refractivity (Wildman–Crippen MR) is 76.0 cm³/mol. The van der Waals surface area contributed by atoms with Gasteiger partial charge in [0, 0.05) is 11.1 Å². The van der Waals surface area contributed by atoms with Gasteiger partial charge in [0.15, 0.2) is 5.82 Å². The van der Waals surface area contributed by atoms with Gasteiger partial charge in [-0.1, -0.05) is 38.6 Å². The van der Waals surface area contributed by atoms with Crippen LogP contribution in [-0.4, -0.2) is 22.3 Å². The summed E-state index contributed by atoms with van der Waals surface area (Å²) in [4.78, 5) is 16.3. The molecule has 0 saturated heterocycles. The molecule has 0 unspecified atom stereocenters. The van der Waals surface area contributed by atoms with Crippen LogP contribution >= 0.6 is 0 Å². The van der Waals surface area contributed by atoms with Crippen LogP contribution in [0.15, 0.2) is 40.7 Å². The van der Waals surface area contributed by atoms with E-state index < -0.39 is 0 Å². The average molecular weight is 256 g/mol. The fourth-order valence-electron chi connectivity index (χ4n) is 2.07. The molecule has 3 rings (SSSR count). The topological polar surface area (TPSA) is 71.0 Å². The number of hydrogen-bond donors (Lipinski definition) is 1. The highest BCUT2D eigenvalue weighted by Gasteiger charge is 2.36. The smallest absolute Gasteiger partial charge is 0.214 e. The summed E-state index contributed by atoms with van der Waals surface area (Å²) in [5.74, 6) is 5.76. The van der Waals surface area contributed by atoms with Crippen LogP contribution < -0.4 is 5.84 Å².